The first-order valence-corrected chi connectivity index (χ1v) is 7.41. The molecule has 8 nitrogen and oxygen atoms in total. The first kappa shape index (κ1) is 17.0. The summed E-state index contributed by atoms with van der Waals surface area (Å²) in [6, 6.07) is 1.12. The molecule has 0 radical (unpaired) electrons. The van der Waals surface area contributed by atoms with E-state index >= 15 is 0 Å². The lowest BCUT2D eigenvalue weighted by Crippen LogP contribution is -2.44. The number of amides is 1. The summed E-state index contributed by atoms with van der Waals surface area (Å²) in [5.74, 6) is -1.81. The molecule has 0 aliphatic rings. The smallest absolute Gasteiger partial charge is 0.304 e. The SMILES string of the molecule is CCNC(=O)C(C)NS(=O)(=O)c1ccc([N+](=O)[O-])c(F)c1. The summed E-state index contributed by atoms with van der Waals surface area (Å²) in [4.78, 5) is 20.5. The Morgan fingerprint density at radius 1 is 1.48 bits per heavy atom. The lowest BCUT2D eigenvalue weighted by Gasteiger charge is -2.13. The molecule has 116 valence electrons. The second-order valence-corrected chi connectivity index (χ2v) is 5.82. The number of benzene rings is 1. The van der Waals surface area contributed by atoms with Gasteiger partial charge in [0.2, 0.25) is 21.7 Å². The summed E-state index contributed by atoms with van der Waals surface area (Å²) in [7, 11) is -4.16. The highest BCUT2D eigenvalue weighted by Gasteiger charge is 2.24. The molecule has 0 heterocycles. The topological polar surface area (TPSA) is 118 Å². The van der Waals surface area contributed by atoms with Gasteiger partial charge in [0, 0.05) is 18.7 Å². The van der Waals surface area contributed by atoms with Crippen LogP contribution in [0, 0.1) is 15.9 Å². The lowest BCUT2D eigenvalue weighted by molar-refractivity contribution is -0.387. The van der Waals surface area contributed by atoms with Crippen molar-refractivity contribution in [2.75, 3.05) is 6.54 Å². The van der Waals surface area contributed by atoms with Gasteiger partial charge in [-0.2, -0.15) is 9.11 Å². The summed E-state index contributed by atoms with van der Waals surface area (Å²) in [6.07, 6.45) is 0. The Morgan fingerprint density at radius 2 is 2.10 bits per heavy atom. The molecule has 1 atom stereocenters. The maximum atomic E-state index is 13.4. The Bertz CT molecular complexity index is 662. The van der Waals surface area contributed by atoms with Gasteiger partial charge in [-0.05, 0) is 19.9 Å². The van der Waals surface area contributed by atoms with Gasteiger partial charge in [-0.15, -0.1) is 0 Å². The molecule has 1 unspecified atom stereocenters. The van der Waals surface area contributed by atoms with Crippen LogP contribution in [0.5, 0.6) is 0 Å². The zero-order valence-electron chi connectivity index (χ0n) is 11.3. The molecule has 0 fully saturated rings. The predicted octanol–water partition coefficient (Wildman–Crippen LogP) is 0.537. The highest BCUT2D eigenvalue weighted by atomic mass is 32.2. The van der Waals surface area contributed by atoms with Crippen LogP contribution in [0.25, 0.3) is 0 Å². The standard InChI is InChI=1S/C11H14FN3O5S/c1-3-13-11(16)7(2)14-21(19,20)8-4-5-10(15(17)18)9(12)6-8/h4-7,14H,3H2,1-2H3,(H,13,16). The maximum Gasteiger partial charge on any atom is 0.304 e. The van der Waals surface area contributed by atoms with Gasteiger partial charge < -0.3 is 5.32 Å². The normalized spacial score (nSPS) is 12.7. The Hall–Kier alpha value is -2.07. The van der Waals surface area contributed by atoms with Crippen molar-refractivity contribution in [1.82, 2.24) is 10.0 Å². The van der Waals surface area contributed by atoms with E-state index in [1.165, 1.54) is 6.92 Å². The minimum Gasteiger partial charge on any atom is -0.355 e. The van der Waals surface area contributed by atoms with E-state index in [4.69, 9.17) is 0 Å². The number of hydrogen-bond donors (Lipinski definition) is 2. The van der Waals surface area contributed by atoms with E-state index in [9.17, 15) is 27.7 Å². The number of hydrogen-bond acceptors (Lipinski definition) is 5. The van der Waals surface area contributed by atoms with Crippen LogP contribution >= 0.6 is 0 Å². The molecule has 2 N–H and O–H groups in total. The van der Waals surface area contributed by atoms with Gasteiger partial charge in [-0.1, -0.05) is 0 Å². The molecule has 0 saturated heterocycles. The molecular formula is C11H14FN3O5S. The third-order valence-electron chi connectivity index (χ3n) is 2.50. The second kappa shape index (κ2) is 6.59. The van der Waals surface area contributed by atoms with E-state index in [1.807, 2.05) is 0 Å². The van der Waals surface area contributed by atoms with Crippen molar-refractivity contribution < 1.29 is 22.5 Å². The average molecular weight is 319 g/mol. The van der Waals surface area contributed by atoms with Gasteiger partial charge >= 0.3 is 5.69 Å². The molecule has 21 heavy (non-hydrogen) atoms. The Labute approximate surface area is 120 Å². The Balaban J connectivity index is 3.01. The number of nitrogens with zero attached hydrogens (tertiary/aromatic N) is 1. The summed E-state index contributed by atoms with van der Waals surface area (Å²) in [6.45, 7) is 3.33. The molecule has 0 bridgehead atoms. The third-order valence-corrected chi connectivity index (χ3v) is 4.04. The van der Waals surface area contributed by atoms with Gasteiger partial charge in [0.1, 0.15) is 0 Å². The van der Waals surface area contributed by atoms with Gasteiger partial charge in [-0.25, -0.2) is 8.42 Å². The molecule has 1 amide bonds. The second-order valence-electron chi connectivity index (χ2n) is 4.11. The zero-order chi connectivity index (χ0) is 16.2. The van der Waals surface area contributed by atoms with Crippen molar-refractivity contribution in [1.29, 1.82) is 0 Å². The van der Waals surface area contributed by atoms with Crippen LogP contribution in [0.15, 0.2) is 23.1 Å². The van der Waals surface area contributed by atoms with E-state index in [0.29, 0.717) is 12.6 Å². The van der Waals surface area contributed by atoms with Gasteiger partial charge in [0.05, 0.1) is 15.9 Å². The van der Waals surface area contributed by atoms with E-state index in [2.05, 4.69) is 10.0 Å². The van der Waals surface area contributed by atoms with Crippen molar-refractivity contribution in [3.8, 4) is 0 Å². The monoisotopic (exact) mass is 319 g/mol. The summed E-state index contributed by atoms with van der Waals surface area (Å²) in [5.41, 5.74) is -0.828. The molecule has 10 heteroatoms. The first-order chi connectivity index (χ1) is 9.69. The van der Waals surface area contributed by atoms with Crippen LogP contribution < -0.4 is 10.0 Å². The van der Waals surface area contributed by atoms with Gasteiger partial charge in [0.25, 0.3) is 0 Å². The number of likely N-dealkylation sites (N-methyl/N-ethyl adjacent to an activating group) is 1. The van der Waals surface area contributed by atoms with Crippen molar-refractivity contribution in [3.63, 3.8) is 0 Å². The number of halogens is 1. The summed E-state index contributed by atoms with van der Waals surface area (Å²) >= 11 is 0. The minimum atomic E-state index is -4.16. The highest BCUT2D eigenvalue weighted by molar-refractivity contribution is 7.89. The number of nitro groups is 1. The highest BCUT2D eigenvalue weighted by Crippen LogP contribution is 2.20. The van der Waals surface area contributed by atoms with Crippen LogP contribution in [-0.4, -0.2) is 31.8 Å². The molecule has 0 saturated carbocycles. The zero-order valence-corrected chi connectivity index (χ0v) is 12.1. The molecule has 0 aliphatic carbocycles. The molecule has 0 aromatic heterocycles. The minimum absolute atomic E-state index is 0.330. The summed E-state index contributed by atoms with van der Waals surface area (Å²) < 4.78 is 39.4. The largest absolute Gasteiger partial charge is 0.355 e. The average Bonchev–Trinajstić information content (AvgIpc) is 2.37. The molecular weight excluding hydrogens is 305 g/mol. The number of carbonyl (C=O) groups excluding carboxylic acids is 1. The molecule has 1 aromatic rings. The number of carbonyl (C=O) groups is 1. The fraction of sp³-hybridized carbons (Fsp3) is 0.364. The molecule has 0 aliphatic heterocycles. The van der Waals surface area contributed by atoms with E-state index < -0.39 is 43.3 Å². The van der Waals surface area contributed by atoms with Crippen molar-refractivity contribution >= 4 is 21.6 Å². The van der Waals surface area contributed by atoms with Crippen LogP contribution in [0.4, 0.5) is 10.1 Å². The van der Waals surface area contributed by atoms with Gasteiger partial charge in [-0.3, -0.25) is 14.9 Å². The number of nitrogens with one attached hydrogen (secondary N) is 2. The van der Waals surface area contributed by atoms with Crippen LogP contribution in [0.3, 0.4) is 0 Å². The van der Waals surface area contributed by atoms with Crippen molar-refractivity contribution in [3.05, 3.63) is 34.1 Å². The van der Waals surface area contributed by atoms with Crippen LogP contribution in [0.2, 0.25) is 0 Å². The van der Waals surface area contributed by atoms with Gasteiger partial charge in [0.15, 0.2) is 0 Å². The first-order valence-electron chi connectivity index (χ1n) is 5.93. The maximum absolute atomic E-state index is 13.4. The van der Waals surface area contributed by atoms with E-state index in [-0.39, 0.29) is 0 Å². The Kier molecular flexibility index (Phi) is 5.33. The fourth-order valence-corrected chi connectivity index (χ4v) is 2.70. The summed E-state index contributed by atoms with van der Waals surface area (Å²) in [5, 5.41) is 12.9. The third kappa shape index (κ3) is 4.20. The number of rotatable bonds is 6. The molecule has 0 spiro atoms. The quantitative estimate of drug-likeness (QED) is 0.586. The van der Waals surface area contributed by atoms with Crippen LogP contribution in [0.1, 0.15) is 13.8 Å². The predicted molar refractivity (Wildman–Crippen MR) is 71.5 cm³/mol. The van der Waals surface area contributed by atoms with Crippen molar-refractivity contribution in [2.24, 2.45) is 0 Å². The fourth-order valence-electron chi connectivity index (χ4n) is 1.48. The van der Waals surface area contributed by atoms with E-state index in [0.717, 1.165) is 12.1 Å². The molecule has 1 aromatic carbocycles. The number of sulfonamides is 1. The van der Waals surface area contributed by atoms with Crippen LogP contribution in [-0.2, 0) is 14.8 Å². The van der Waals surface area contributed by atoms with Crippen molar-refractivity contribution in [2.45, 2.75) is 24.8 Å². The Morgan fingerprint density at radius 3 is 2.57 bits per heavy atom. The lowest BCUT2D eigenvalue weighted by atomic mass is 10.3. The van der Waals surface area contributed by atoms with E-state index in [1.54, 1.807) is 6.92 Å². The molecule has 1 rings (SSSR count). The number of nitro benzene ring substituents is 1.